The maximum atomic E-state index is 11.5. The predicted octanol–water partition coefficient (Wildman–Crippen LogP) is 2.15. The second-order valence-corrected chi connectivity index (χ2v) is 7.17. The maximum Gasteiger partial charge on any atom is 0.220 e. The van der Waals surface area contributed by atoms with E-state index < -0.39 is 0 Å². The molecule has 1 saturated heterocycles. The van der Waals surface area contributed by atoms with Crippen LogP contribution in [0.3, 0.4) is 0 Å². The molecule has 1 aliphatic carbocycles. The molecule has 1 amide bonds. The lowest BCUT2D eigenvalue weighted by Gasteiger charge is -2.34. The van der Waals surface area contributed by atoms with Crippen LogP contribution in [0.5, 0.6) is 0 Å². The molecule has 1 heterocycles. The van der Waals surface area contributed by atoms with E-state index in [1.165, 1.54) is 25.7 Å². The molecule has 2 aliphatic rings. The van der Waals surface area contributed by atoms with Crippen molar-refractivity contribution >= 4 is 11.9 Å². The van der Waals surface area contributed by atoms with Crippen molar-refractivity contribution < 1.29 is 9.53 Å². The molecule has 1 aliphatic heterocycles. The SMILES string of the molecule is CCNC(=NCCCOC1CCCC1)N1CCC(CC(=O)NC)CC1. The Morgan fingerprint density at radius 2 is 1.92 bits per heavy atom. The zero-order valence-corrected chi connectivity index (χ0v) is 16.1. The highest BCUT2D eigenvalue weighted by atomic mass is 16.5. The highest BCUT2D eigenvalue weighted by Gasteiger charge is 2.23. The van der Waals surface area contributed by atoms with Gasteiger partial charge in [0.05, 0.1) is 6.10 Å². The zero-order chi connectivity index (χ0) is 17.9. The summed E-state index contributed by atoms with van der Waals surface area (Å²) in [5, 5.41) is 6.13. The van der Waals surface area contributed by atoms with E-state index in [1.54, 1.807) is 7.05 Å². The largest absolute Gasteiger partial charge is 0.378 e. The fraction of sp³-hybridized carbons (Fsp3) is 0.895. The van der Waals surface area contributed by atoms with Crippen LogP contribution in [0.1, 0.15) is 58.3 Å². The summed E-state index contributed by atoms with van der Waals surface area (Å²) < 4.78 is 5.91. The van der Waals surface area contributed by atoms with Gasteiger partial charge >= 0.3 is 0 Å². The molecule has 25 heavy (non-hydrogen) atoms. The van der Waals surface area contributed by atoms with E-state index in [-0.39, 0.29) is 5.91 Å². The molecule has 0 aromatic heterocycles. The van der Waals surface area contributed by atoms with Gasteiger partial charge in [-0.1, -0.05) is 12.8 Å². The predicted molar refractivity (Wildman–Crippen MR) is 102 cm³/mol. The van der Waals surface area contributed by atoms with E-state index in [9.17, 15) is 4.79 Å². The molecule has 0 spiro atoms. The Morgan fingerprint density at radius 3 is 2.56 bits per heavy atom. The first-order valence-corrected chi connectivity index (χ1v) is 10.1. The molecule has 2 N–H and O–H groups in total. The van der Waals surface area contributed by atoms with Gasteiger partial charge in [-0.25, -0.2) is 0 Å². The topological polar surface area (TPSA) is 66.0 Å². The van der Waals surface area contributed by atoms with Gasteiger partial charge in [-0.15, -0.1) is 0 Å². The lowest BCUT2D eigenvalue weighted by atomic mass is 9.93. The Balaban J connectivity index is 1.69. The van der Waals surface area contributed by atoms with Crippen LogP contribution in [-0.2, 0) is 9.53 Å². The average Bonchev–Trinajstić information content (AvgIpc) is 3.14. The van der Waals surface area contributed by atoms with Gasteiger partial charge in [0.2, 0.25) is 5.91 Å². The van der Waals surface area contributed by atoms with E-state index in [4.69, 9.17) is 9.73 Å². The average molecular weight is 353 g/mol. The van der Waals surface area contributed by atoms with Crippen molar-refractivity contribution in [3.63, 3.8) is 0 Å². The normalized spacial score (nSPS) is 20.1. The monoisotopic (exact) mass is 352 g/mol. The Kier molecular flexibility index (Phi) is 9.08. The smallest absolute Gasteiger partial charge is 0.220 e. The summed E-state index contributed by atoms with van der Waals surface area (Å²) in [6, 6.07) is 0. The highest BCUT2D eigenvalue weighted by molar-refractivity contribution is 5.80. The third-order valence-corrected chi connectivity index (χ3v) is 5.22. The Hall–Kier alpha value is -1.30. The summed E-state index contributed by atoms with van der Waals surface area (Å²) in [7, 11) is 1.71. The molecule has 1 saturated carbocycles. The number of hydrogen-bond acceptors (Lipinski definition) is 3. The quantitative estimate of drug-likeness (QED) is 0.399. The molecular formula is C19H36N4O2. The molecule has 0 unspecified atom stereocenters. The number of amides is 1. The maximum absolute atomic E-state index is 11.5. The lowest BCUT2D eigenvalue weighted by molar-refractivity contribution is -0.121. The standard InChI is InChI=1S/C19H36N4O2/c1-3-21-19(22-11-6-14-25-17-7-4-5-8-17)23-12-9-16(10-13-23)15-18(24)20-2/h16-17H,3-15H2,1-2H3,(H,20,24)(H,21,22). The molecule has 6 heteroatoms. The summed E-state index contributed by atoms with van der Waals surface area (Å²) in [6.07, 6.45) is 9.36. The number of aliphatic imine (C=N–C) groups is 1. The van der Waals surface area contributed by atoms with Crippen molar-refractivity contribution in [2.24, 2.45) is 10.9 Å². The van der Waals surface area contributed by atoms with Gasteiger partial charge < -0.3 is 20.3 Å². The van der Waals surface area contributed by atoms with Crippen LogP contribution in [0.25, 0.3) is 0 Å². The second-order valence-electron chi connectivity index (χ2n) is 7.17. The van der Waals surface area contributed by atoms with Crippen LogP contribution < -0.4 is 10.6 Å². The number of hydrogen-bond donors (Lipinski definition) is 2. The van der Waals surface area contributed by atoms with Gasteiger partial charge in [0.1, 0.15) is 0 Å². The number of guanidine groups is 1. The Labute approximate surface area is 152 Å². The van der Waals surface area contributed by atoms with Gasteiger partial charge in [-0.05, 0) is 44.9 Å². The van der Waals surface area contributed by atoms with Gasteiger partial charge in [-0.2, -0.15) is 0 Å². The van der Waals surface area contributed by atoms with Crippen molar-refractivity contribution in [1.29, 1.82) is 0 Å². The van der Waals surface area contributed by atoms with Crippen LogP contribution in [0, 0.1) is 5.92 Å². The van der Waals surface area contributed by atoms with Crippen LogP contribution >= 0.6 is 0 Å². The molecule has 0 radical (unpaired) electrons. The number of carbonyl (C=O) groups is 1. The van der Waals surface area contributed by atoms with Crippen molar-refractivity contribution in [2.45, 2.75) is 64.4 Å². The molecule has 0 aromatic carbocycles. The van der Waals surface area contributed by atoms with Crippen molar-refractivity contribution in [3.05, 3.63) is 0 Å². The number of nitrogens with zero attached hydrogens (tertiary/aromatic N) is 2. The van der Waals surface area contributed by atoms with Crippen LogP contribution in [-0.4, -0.2) is 62.7 Å². The first-order chi connectivity index (χ1) is 12.2. The fourth-order valence-corrected chi connectivity index (χ4v) is 3.69. The minimum Gasteiger partial charge on any atom is -0.378 e. The number of nitrogens with one attached hydrogen (secondary N) is 2. The number of rotatable bonds is 8. The van der Waals surface area contributed by atoms with Crippen LogP contribution in [0.2, 0.25) is 0 Å². The van der Waals surface area contributed by atoms with Crippen LogP contribution in [0.4, 0.5) is 0 Å². The van der Waals surface area contributed by atoms with Crippen molar-refractivity contribution in [1.82, 2.24) is 15.5 Å². The van der Waals surface area contributed by atoms with E-state index in [2.05, 4.69) is 22.5 Å². The van der Waals surface area contributed by atoms with E-state index in [1.807, 2.05) is 0 Å². The van der Waals surface area contributed by atoms with Gasteiger partial charge in [0, 0.05) is 46.3 Å². The summed E-state index contributed by atoms with van der Waals surface area (Å²) in [4.78, 5) is 18.6. The number of carbonyl (C=O) groups excluding carboxylic acids is 1. The number of likely N-dealkylation sites (tertiary alicyclic amines) is 1. The molecule has 144 valence electrons. The molecular weight excluding hydrogens is 316 g/mol. The van der Waals surface area contributed by atoms with Crippen molar-refractivity contribution in [3.8, 4) is 0 Å². The molecule has 0 aromatic rings. The summed E-state index contributed by atoms with van der Waals surface area (Å²) in [5.41, 5.74) is 0. The summed E-state index contributed by atoms with van der Waals surface area (Å²) in [6.45, 7) is 6.58. The summed E-state index contributed by atoms with van der Waals surface area (Å²) >= 11 is 0. The third kappa shape index (κ3) is 7.22. The molecule has 0 bridgehead atoms. The minimum absolute atomic E-state index is 0.154. The number of piperidine rings is 1. The highest BCUT2D eigenvalue weighted by Crippen LogP contribution is 2.21. The summed E-state index contributed by atoms with van der Waals surface area (Å²) in [5.74, 6) is 1.67. The molecule has 2 fully saturated rings. The van der Waals surface area contributed by atoms with Gasteiger partial charge in [-0.3, -0.25) is 9.79 Å². The van der Waals surface area contributed by atoms with E-state index in [0.29, 0.717) is 18.4 Å². The van der Waals surface area contributed by atoms with Crippen LogP contribution in [0.15, 0.2) is 4.99 Å². The van der Waals surface area contributed by atoms with Gasteiger partial charge in [0.15, 0.2) is 5.96 Å². The van der Waals surface area contributed by atoms with Crippen molar-refractivity contribution in [2.75, 3.05) is 39.8 Å². The van der Waals surface area contributed by atoms with E-state index >= 15 is 0 Å². The lowest BCUT2D eigenvalue weighted by Crippen LogP contribution is -2.46. The molecule has 6 nitrogen and oxygen atoms in total. The second kappa shape index (κ2) is 11.3. The molecule has 0 atom stereocenters. The minimum atomic E-state index is 0.154. The van der Waals surface area contributed by atoms with Gasteiger partial charge in [0.25, 0.3) is 0 Å². The van der Waals surface area contributed by atoms with E-state index in [0.717, 1.165) is 58.0 Å². The Morgan fingerprint density at radius 1 is 1.20 bits per heavy atom. The first-order valence-electron chi connectivity index (χ1n) is 10.1. The fourth-order valence-electron chi connectivity index (χ4n) is 3.69. The third-order valence-electron chi connectivity index (χ3n) is 5.22. The zero-order valence-electron chi connectivity index (χ0n) is 16.1. The molecule has 2 rings (SSSR count). The first kappa shape index (κ1) is 20.0. The number of ether oxygens (including phenoxy) is 1. The Bertz CT molecular complexity index is 414.